The van der Waals surface area contributed by atoms with Gasteiger partial charge in [0.2, 0.25) is 0 Å². The van der Waals surface area contributed by atoms with Crippen molar-refractivity contribution in [2.75, 3.05) is 13.7 Å². The highest BCUT2D eigenvalue weighted by molar-refractivity contribution is 6.32. The van der Waals surface area contributed by atoms with Crippen molar-refractivity contribution in [3.8, 4) is 5.75 Å². The highest BCUT2D eigenvalue weighted by Crippen LogP contribution is 2.33. The van der Waals surface area contributed by atoms with Crippen molar-refractivity contribution >= 4 is 40.9 Å². The molecule has 1 saturated heterocycles. The molecule has 3 rings (SSSR count). The van der Waals surface area contributed by atoms with E-state index in [1.165, 1.54) is 19.2 Å². The van der Waals surface area contributed by atoms with Crippen LogP contribution in [0.25, 0.3) is 0 Å². The van der Waals surface area contributed by atoms with Gasteiger partial charge in [0.15, 0.2) is 5.78 Å². The molecule has 1 aliphatic rings. The number of imide groups is 1. The molecule has 1 heterocycles. The number of ketones is 1. The first-order chi connectivity index (χ1) is 12.8. The molecule has 0 unspecified atom stereocenters. The molecule has 8 heteroatoms. The number of ether oxygens (including phenoxy) is 1. The molecule has 1 atom stereocenters. The second-order valence-corrected chi connectivity index (χ2v) is 7.01. The molecule has 1 N–H and O–H groups in total. The summed E-state index contributed by atoms with van der Waals surface area (Å²) in [4.78, 5) is 38.7. The minimum Gasteiger partial charge on any atom is -0.495 e. The molecule has 0 radical (unpaired) electrons. The van der Waals surface area contributed by atoms with E-state index in [0.29, 0.717) is 16.3 Å². The summed E-state index contributed by atoms with van der Waals surface area (Å²) < 4.78 is 5.05. The van der Waals surface area contributed by atoms with Crippen molar-refractivity contribution in [2.24, 2.45) is 0 Å². The summed E-state index contributed by atoms with van der Waals surface area (Å²) in [5.74, 6) is -0.547. The van der Waals surface area contributed by atoms with E-state index < -0.39 is 29.8 Å². The fraction of sp³-hybridized carbons (Fsp3) is 0.211. The second-order valence-electron chi connectivity index (χ2n) is 6.20. The number of methoxy groups -OCH3 is 1. The Hall–Kier alpha value is -2.57. The lowest BCUT2D eigenvalue weighted by atomic mass is 9.92. The molecule has 140 valence electrons. The lowest BCUT2D eigenvalue weighted by Gasteiger charge is -2.23. The summed E-state index contributed by atoms with van der Waals surface area (Å²) in [5, 5.41) is 3.24. The van der Waals surface area contributed by atoms with Gasteiger partial charge in [0, 0.05) is 16.1 Å². The Labute approximate surface area is 166 Å². The van der Waals surface area contributed by atoms with E-state index in [0.717, 1.165) is 4.90 Å². The van der Waals surface area contributed by atoms with E-state index in [4.69, 9.17) is 27.9 Å². The quantitative estimate of drug-likeness (QED) is 0.607. The monoisotopic (exact) mass is 406 g/mol. The van der Waals surface area contributed by atoms with Gasteiger partial charge < -0.3 is 10.1 Å². The molecule has 0 spiro atoms. The molecule has 3 amide bonds. The van der Waals surface area contributed by atoms with Crippen LogP contribution in [0.1, 0.15) is 22.8 Å². The second kappa shape index (κ2) is 7.21. The van der Waals surface area contributed by atoms with Crippen LogP contribution in [0.5, 0.6) is 5.75 Å². The van der Waals surface area contributed by atoms with Crippen molar-refractivity contribution in [1.29, 1.82) is 0 Å². The Kier molecular flexibility index (Phi) is 5.13. The molecule has 1 fully saturated rings. The first-order valence-electron chi connectivity index (χ1n) is 8.04. The molecule has 1 aliphatic heterocycles. The van der Waals surface area contributed by atoms with Crippen LogP contribution in [0.3, 0.4) is 0 Å². The topological polar surface area (TPSA) is 75.7 Å². The number of urea groups is 1. The third kappa shape index (κ3) is 3.38. The zero-order chi connectivity index (χ0) is 19.8. The number of carbonyl (C=O) groups excluding carboxylic acids is 3. The Morgan fingerprint density at radius 1 is 1.15 bits per heavy atom. The van der Waals surface area contributed by atoms with Crippen LogP contribution in [-0.4, -0.2) is 36.3 Å². The summed E-state index contributed by atoms with van der Waals surface area (Å²) in [6, 6.07) is 10.6. The maximum atomic E-state index is 12.9. The SMILES string of the molecule is COc1ccc(C(=O)CN2C(=O)N[C@](C)(c3ccccc3Cl)C2=O)cc1Cl. The zero-order valence-corrected chi connectivity index (χ0v) is 16.1. The summed E-state index contributed by atoms with van der Waals surface area (Å²) >= 11 is 12.2. The van der Waals surface area contributed by atoms with Crippen LogP contribution in [0.2, 0.25) is 10.0 Å². The van der Waals surface area contributed by atoms with Gasteiger partial charge in [-0.15, -0.1) is 0 Å². The number of hydrogen-bond acceptors (Lipinski definition) is 4. The first-order valence-corrected chi connectivity index (χ1v) is 8.79. The van der Waals surface area contributed by atoms with Crippen LogP contribution in [0, 0.1) is 0 Å². The minimum absolute atomic E-state index is 0.265. The van der Waals surface area contributed by atoms with Gasteiger partial charge in [-0.3, -0.25) is 14.5 Å². The Balaban J connectivity index is 1.85. The van der Waals surface area contributed by atoms with E-state index in [1.54, 1.807) is 37.3 Å². The number of halogens is 2. The molecule has 27 heavy (non-hydrogen) atoms. The molecule has 0 saturated carbocycles. The van der Waals surface area contributed by atoms with Gasteiger partial charge in [0.05, 0.1) is 18.7 Å². The molecular weight excluding hydrogens is 391 g/mol. The standard InChI is InChI=1S/C19H16Cl2N2O4/c1-19(12-5-3-4-6-13(12)20)17(25)23(18(26)22-19)10-15(24)11-7-8-16(27-2)14(21)9-11/h3-9H,10H2,1-2H3,(H,22,26)/t19-/m1/s1. The number of amides is 3. The lowest BCUT2D eigenvalue weighted by Crippen LogP contribution is -2.41. The number of Topliss-reactive ketones (excluding diaryl/α,β-unsaturated/α-hetero) is 1. The van der Waals surface area contributed by atoms with Crippen molar-refractivity contribution in [3.05, 3.63) is 63.6 Å². The summed E-state index contributed by atoms with van der Waals surface area (Å²) in [5.41, 5.74) is -0.604. The molecule has 2 aromatic carbocycles. The van der Waals surface area contributed by atoms with E-state index in [-0.39, 0.29) is 10.6 Å². The van der Waals surface area contributed by atoms with Gasteiger partial charge >= 0.3 is 6.03 Å². The van der Waals surface area contributed by atoms with Gasteiger partial charge in [-0.05, 0) is 31.2 Å². The number of carbonyl (C=O) groups is 3. The maximum Gasteiger partial charge on any atom is 0.325 e. The summed E-state index contributed by atoms with van der Waals surface area (Å²) in [7, 11) is 1.46. The summed E-state index contributed by atoms with van der Waals surface area (Å²) in [6.07, 6.45) is 0. The van der Waals surface area contributed by atoms with Gasteiger partial charge in [0.25, 0.3) is 5.91 Å². The highest BCUT2D eigenvalue weighted by Gasteiger charge is 2.50. The average molecular weight is 407 g/mol. The smallest absolute Gasteiger partial charge is 0.325 e. The van der Waals surface area contributed by atoms with E-state index in [2.05, 4.69) is 5.32 Å². The molecule has 0 aliphatic carbocycles. The molecular formula is C19H16Cl2N2O4. The van der Waals surface area contributed by atoms with E-state index in [1.807, 2.05) is 0 Å². The first kappa shape index (κ1) is 19.2. The number of hydrogen-bond donors (Lipinski definition) is 1. The van der Waals surface area contributed by atoms with Gasteiger partial charge in [-0.2, -0.15) is 0 Å². The van der Waals surface area contributed by atoms with Gasteiger partial charge in [0.1, 0.15) is 11.3 Å². The minimum atomic E-state index is -1.34. The molecule has 0 bridgehead atoms. The largest absolute Gasteiger partial charge is 0.495 e. The van der Waals surface area contributed by atoms with Crippen LogP contribution in [-0.2, 0) is 10.3 Å². The lowest BCUT2D eigenvalue weighted by molar-refractivity contribution is -0.130. The predicted octanol–water partition coefficient (Wildman–Crippen LogP) is 3.65. The molecule has 6 nitrogen and oxygen atoms in total. The van der Waals surface area contributed by atoms with Crippen LogP contribution in [0.4, 0.5) is 4.79 Å². The Bertz CT molecular complexity index is 947. The normalized spacial score (nSPS) is 19.2. The fourth-order valence-corrected chi connectivity index (χ4v) is 3.55. The van der Waals surface area contributed by atoms with Crippen molar-refractivity contribution < 1.29 is 19.1 Å². The van der Waals surface area contributed by atoms with E-state index >= 15 is 0 Å². The van der Waals surface area contributed by atoms with Crippen molar-refractivity contribution in [3.63, 3.8) is 0 Å². The van der Waals surface area contributed by atoms with Gasteiger partial charge in [-0.25, -0.2) is 4.79 Å². The zero-order valence-electron chi connectivity index (χ0n) is 14.6. The predicted molar refractivity (Wildman–Crippen MR) is 101 cm³/mol. The van der Waals surface area contributed by atoms with Crippen molar-refractivity contribution in [2.45, 2.75) is 12.5 Å². The average Bonchev–Trinajstić information content (AvgIpc) is 2.85. The number of benzene rings is 2. The summed E-state index contributed by atoms with van der Waals surface area (Å²) in [6.45, 7) is 1.15. The van der Waals surface area contributed by atoms with Crippen LogP contribution < -0.4 is 10.1 Å². The number of rotatable bonds is 5. The molecule has 2 aromatic rings. The fourth-order valence-electron chi connectivity index (χ4n) is 2.96. The third-order valence-corrected chi connectivity index (χ3v) is 5.09. The third-order valence-electron chi connectivity index (χ3n) is 4.46. The number of nitrogens with zero attached hydrogens (tertiary/aromatic N) is 1. The van der Waals surface area contributed by atoms with Gasteiger partial charge in [-0.1, -0.05) is 41.4 Å². The van der Waals surface area contributed by atoms with E-state index in [9.17, 15) is 14.4 Å². The Morgan fingerprint density at radius 3 is 2.48 bits per heavy atom. The highest BCUT2D eigenvalue weighted by atomic mass is 35.5. The van der Waals surface area contributed by atoms with Crippen LogP contribution >= 0.6 is 23.2 Å². The number of nitrogens with one attached hydrogen (secondary N) is 1. The molecule has 0 aromatic heterocycles. The van der Waals surface area contributed by atoms with Crippen LogP contribution in [0.15, 0.2) is 42.5 Å². The maximum absolute atomic E-state index is 12.9. The van der Waals surface area contributed by atoms with Crippen molar-refractivity contribution in [1.82, 2.24) is 10.2 Å². The Morgan fingerprint density at radius 2 is 1.85 bits per heavy atom.